The van der Waals surface area contributed by atoms with Crippen molar-refractivity contribution in [1.29, 1.82) is 0 Å². The van der Waals surface area contributed by atoms with Crippen molar-refractivity contribution in [1.82, 2.24) is 10.2 Å². The van der Waals surface area contributed by atoms with E-state index >= 15 is 0 Å². The molecule has 1 aromatic rings. The number of rotatable bonds is 9. The third kappa shape index (κ3) is 6.20. The number of hydrogen-bond acceptors (Lipinski definition) is 2. The van der Waals surface area contributed by atoms with E-state index in [4.69, 9.17) is 0 Å². The lowest BCUT2D eigenvalue weighted by molar-refractivity contribution is -0.122. The first-order valence-electron chi connectivity index (χ1n) is 7.74. The Kier molecular flexibility index (Phi) is 7.97. The molecule has 0 radical (unpaired) electrons. The molecular formula is C17H28N2O. The molecule has 1 atom stereocenters. The summed E-state index contributed by atoms with van der Waals surface area (Å²) in [5, 5.41) is 3.07. The Morgan fingerprint density at radius 1 is 1.10 bits per heavy atom. The van der Waals surface area contributed by atoms with Crippen LogP contribution in [-0.2, 0) is 4.79 Å². The van der Waals surface area contributed by atoms with Crippen molar-refractivity contribution in [3.05, 3.63) is 35.9 Å². The van der Waals surface area contributed by atoms with Gasteiger partial charge < -0.3 is 10.2 Å². The zero-order chi connectivity index (χ0) is 14.8. The van der Waals surface area contributed by atoms with Crippen LogP contribution in [0.3, 0.4) is 0 Å². The van der Waals surface area contributed by atoms with Crippen molar-refractivity contribution < 1.29 is 4.79 Å². The summed E-state index contributed by atoms with van der Waals surface area (Å²) in [5.41, 5.74) is 1.15. The van der Waals surface area contributed by atoms with Gasteiger partial charge in [0.1, 0.15) is 0 Å². The molecule has 1 N–H and O–H groups in total. The Morgan fingerprint density at radius 3 is 2.25 bits per heavy atom. The van der Waals surface area contributed by atoms with E-state index in [1.165, 1.54) is 0 Å². The van der Waals surface area contributed by atoms with Gasteiger partial charge in [0, 0.05) is 13.0 Å². The SMILES string of the molecule is CCCN(CCC)CCC(=O)NC(C)c1ccccc1. The first-order chi connectivity index (χ1) is 9.67. The Morgan fingerprint density at radius 2 is 1.70 bits per heavy atom. The third-order valence-electron chi connectivity index (χ3n) is 3.41. The fourth-order valence-corrected chi connectivity index (χ4v) is 2.37. The molecule has 3 nitrogen and oxygen atoms in total. The topological polar surface area (TPSA) is 32.3 Å². The van der Waals surface area contributed by atoms with Crippen LogP contribution in [0.2, 0.25) is 0 Å². The molecule has 20 heavy (non-hydrogen) atoms. The molecule has 0 heterocycles. The van der Waals surface area contributed by atoms with Gasteiger partial charge in [0.15, 0.2) is 0 Å². The average Bonchev–Trinajstić information content (AvgIpc) is 2.46. The first kappa shape index (κ1) is 16.7. The minimum Gasteiger partial charge on any atom is -0.350 e. The normalized spacial score (nSPS) is 12.4. The fourth-order valence-electron chi connectivity index (χ4n) is 2.37. The zero-order valence-corrected chi connectivity index (χ0v) is 13.1. The lowest BCUT2D eigenvalue weighted by atomic mass is 10.1. The molecule has 112 valence electrons. The number of hydrogen-bond donors (Lipinski definition) is 1. The molecule has 0 bridgehead atoms. The molecule has 0 fully saturated rings. The van der Waals surface area contributed by atoms with Crippen molar-refractivity contribution in [2.45, 2.75) is 46.1 Å². The van der Waals surface area contributed by atoms with Crippen LogP contribution in [0.5, 0.6) is 0 Å². The first-order valence-corrected chi connectivity index (χ1v) is 7.74. The second kappa shape index (κ2) is 9.54. The summed E-state index contributed by atoms with van der Waals surface area (Å²) in [7, 11) is 0. The fraction of sp³-hybridized carbons (Fsp3) is 0.588. The Balaban J connectivity index is 2.35. The number of carbonyl (C=O) groups excluding carboxylic acids is 1. The molecule has 1 unspecified atom stereocenters. The average molecular weight is 276 g/mol. The maximum absolute atomic E-state index is 12.0. The summed E-state index contributed by atoms with van der Waals surface area (Å²) in [6, 6.07) is 10.2. The quantitative estimate of drug-likeness (QED) is 0.750. The summed E-state index contributed by atoms with van der Waals surface area (Å²) in [6.45, 7) is 9.41. The standard InChI is InChI=1S/C17H28N2O/c1-4-12-19(13-5-2)14-11-17(20)18-15(3)16-9-7-6-8-10-16/h6-10,15H,4-5,11-14H2,1-3H3,(H,18,20). The van der Waals surface area contributed by atoms with E-state index in [2.05, 4.69) is 24.1 Å². The molecule has 1 rings (SSSR count). The number of benzene rings is 1. The van der Waals surface area contributed by atoms with Crippen LogP contribution in [0.25, 0.3) is 0 Å². The highest BCUT2D eigenvalue weighted by Crippen LogP contribution is 2.11. The van der Waals surface area contributed by atoms with Crippen LogP contribution in [0.15, 0.2) is 30.3 Å². The van der Waals surface area contributed by atoms with Gasteiger partial charge in [-0.1, -0.05) is 44.2 Å². The van der Waals surface area contributed by atoms with Crippen LogP contribution >= 0.6 is 0 Å². The zero-order valence-electron chi connectivity index (χ0n) is 13.1. The van der Waals surface area contributed by atoms with E-state index in [-0.39, 0.29) is 11.9 Å². The number of amides is 1. The van der Waals surface area contributed by atoms with Crippen LogP contribution < -0.4 is 5.32 Å². The summed E-state index contributed by atoms with van der Waals surface area (Å²) in [6.07, 6.45) is 2.86. The predicted molar refractivity (Wildman–Crippen MR) is 84.6 cm³/mol. The summed E-state index contributed by atoms with van der Waals surface area (Å²) in [5.74, 6) is 0.138. The largest absolute Gasteiger partial charge is 0.350 e. The Hall–Kier alpha value is -1.35. The molecule has 1 aromatic carbocycles. The van der Waals surface area contributed by atoms with Crippen molar-refractivity contribution in [3.63, 3.8) is 0 Å². The van der Waals surface area contributed by atoms with Gasteiger partial charge in [0.05, 0.1) is 6.04 Å². The van der Waals surface area contributed by atoms with E-state index < -0.39 is 0 Å². The summed E-state index contributed by atoms with van der Waals surface area (Å²) >= 11 is 0. The van der Waals surface area contributed by atoms with Crippen LogP contribution in [0.4, 0.5) is 0 Å². The number of nitrogens with zero attached hydrogens (tertiary/aromatic N) is 1. The van der Waals surface area contributed by atoms with Gasteiger partial charge >= 0.3 is 0 Å². The van der Waals surface area contributed by atoms with Gasteiger partial charge in [0.25, 0.3) is 0 Å². The predicted octanol–water partition coefficient (Wildman–Crippen LogP) is 3.38. The highest BCUT2D eigenvalue weighted by Gasteiger charge is 2.10. The minimum atomic E-state index is 0.0782. The van der Waals surface area contributed by atoms with E-state index in [1.54, 1.807) is 0 Å². The van der Waals surface area contributed by atoms with Crippen molar-refractivity contribution >= 4 is 5.91 Å². The molecule has 0 aliphatic rings. The Labute approximate surface area is 123 Å². The smallest absolute Gasteiger partial charge is 0.221 e. The van der Waals surface area contributed by atoms with E-state index in [1.807, 2.05) is 37.3 Å². The van der Waals surface area contributed by atoms with Gasteiger partial charge in [-0.2, -0.15) is 0 Å². The lowest BCUT2D eigenvalue weighted by Crippen LogP contribution is -2.33. The molecule has 0 saturated carbocycles. The van der Waals surface area contributed by atoms with E-state index in [9.17, 15) is 4.79 Å². The van der Waals surface area contributed by atoms with Crippen LogP contribution in [0, 0.1) is 0 Å². The highest BCUT2D eigenvalue weighted by atomic mass is 16.1. The molecule has 0 aliphatic carbocycles. The van der Waals surface area contributed by atoms with Crippen molar-refractivity contribution in [2.24, 2.45) is 0 Å². The van der Waals surface area contributed by atoms with Gasteiger partial charge in [-0.25, -0.2) is 0 Å². The third-order valence-corrected chi connectivity index (χ3v) is 3.41. The van der Waals surface area contributed by atoms with E-state index in [0.717, 1.165) is 38.0 Å². The molecular weight excluding hydrogens is 248 g/mol. The molecule has 0 spiro atoms. The van der Waals surface area contributed by atoms with Crippen molar-refractivity contribution in [2.75, 3.05) is 19.6 Å². The van der Waals surface area contributed by atoms with Crippen LogP contribution in [0.1, 0.15) is 51.6 Å². The molecule has 0 aliphatic heterocycles. The molecule has 1 amide bonds. The van der Waals surface area contributed by atoms with E-state index in [0.29, 0.717) is 6.42 Å². The van der Waals surface area contributed by atoms with Gasteiger partial charge in [0.2, 0.25) is 5.91 Å². The lowest BCUT2D eigenvalue weighted by Gasteiger charge is -2.21. The van der Waals surface area contributed by atoms with Gasteiger partial charge in [-0.05, 0) is 38.4 Å². The van der Waals surface area contributed by atoms with Gasteiger partial charge in [-0.15, -0.1) is 0 Å². The Bertz CT molecular complexity index is 372. The molecule has 0 aromatic heterocycles. The summed E-state index contributed by atoms with van der Waals surface area (Å²) < 4.78 is 0. The molecule has 0 saturated heterocycles. The molecule has 3 heteroatoms. The maximum atomic E-state index is 12.0. The summed E-state index contributed by atoms with van der Waals surface area (Å²) in [4.78, 5) is 14.4. The second-order valence-corrected chi connectivity index (χ2v) is 5.29. The number of nitrogens with one attached hydrogen (secondary N) is 1. The highest BCUT2D eigenvalue weighted by molar-refractivity contribution is 5.76. The van der Waals surface area contributed by atoms with Crippen LogP contribution in [-0.4, -0.2) is 30.4 Å². The maximum Gasteiger partial charge on any atom is 0.221 e. The monoisotopic (exact) mass is 276 g/mol. The second-order valence-electron chi connectivity index (χ2n) is 5.29. The van der Waals surface area contributed by atoms with Gasteiger partial charge in [-0.3, -0.25) is 4.79 Å². The minimum absolute atomic E-state index is 0.0782. The number of carbonyl (C=O) groups is 1. The van der Waals surface area contributed by atoms with Crippen molar-refractivity contribution in [3.8, 4) is 0 Å².